The summed E-state index contributed by atoms with van der Waals surface area (Å²) in [5.41, 5.74) is 7.28. The van der Waals surface area contributed by atoms with Crippen LogP contribution in [0.5, 0.6) is 5.75 Å². The maximum atomic E-state index is 12.3. The van der Waals surface area contributed by atoms with Crippen molar-refractivity contribution >= 4 is 18.3 Å². The molecule has 1 aliphatic carbocycles. The molecular weight excluding hydrogens is 300 g/mol. The summed E-state index contributed by atoms with van der Waals surface area (Å²) in [7, 11) is 0. The number of aryl methyl sites for hydroxylation is 1. The molecule has 5 heteroatoms. The highest BCUT2D eigenvalue weighted by Crippen LogP contribution is 2.35. The number of ether oxygens (including phenoxy) is 1. The van der Waals surface area contributed by atoms with E-state index >= 15 is 0 Å². The Morgan fingerprint density at radius 1 is 1.27 bits per heavy atom. The number of piperidine rings is 1. The first-order valence-electron chi connectivity index (χ1n) is 7.87. The van der Waals surface area contributed by atoms with Crippen molar-refractivity contribution in [2.45, 2.75) is 32.2 Å². The largest absolute Gasteiger partial charge is 0.493 e. The molecule has 3 rings (SSSR count). The molecule has 2 bridgehead atoms. The predicted molar refractivity (Wildman–Crippen MR) is 89.3 cm³/mol. The first kappa shape index (κ1) is 17.1. The van der Waals surface area contributed by atoms with Crippen molar-refractivity contribution in [2.24, 2.45) is 17.6 Å². The summed E-state index contributed by atoms with van der Waals surface area (Å²) in [5.74, 6) is 2.08. The Labute approximate surface area is 138 Å². The fourth-order valence-electron chi connectivity index (χ4n) is 3.59. The zero-order valence-electron chi connectivity index (χ0n) is 13.0. The van der Waals surface area contributed by atoms with Crippen LogP contribution in [-0.2, 0) is 4.79 Å². The molecule has 1 unspecified atom stereocenters. The van der Waals surface area contributed by atoms with Crippen LogP contribution in [0.1, 0.15) is 24.8 Å². The number of carbonyl (C=O) groups excluding carboxylic acids is 1. The highest BCUT2D eigenvalue weighted by Gasteiger charge is 2.40. The number of nitrogens with two attached hydrogens (primary N) is 1. The van der Waals surface area contributed by atoms with Gasteiger partial charge < -0.3 is 15.4 Å². The van der Waals surface area contributed by atoms with Crippen molar-refractivity contribution in [3.8, 4) is 5.75 Å². The molecule has 1 aromatic carbocycles. The lowest BCUT2D eigenvalue weighted by molar-refractivity contribution is -0.134. The number of fused-ring (bicyclic) bond motifs is 2. The number of likely N-dealkylation sites (tertiary alicyclic amines) is 1. The Bertz CT molecular complexity index is 509. The Balaban J connectivity index is 0.00000176. The summed E-state index contributed by atoms with van der Waals surface area (Å²) >= 11 is 0. The molecule has 122 valence electrons. The molecule has 0 spiro atoms. The molecular formula is C17H25ClN2O2. The minimum absolute atomic E-state index is 0. The van der Waals surface area contributed by atoms with Crippen LogP contribution < -0.4 is 10.5 Å². The number of nitrogens with zero attached hydrogens (tertiary/aromatic N) is 1. The third-order valence-corrected chi connectivity index (χ3v) is 4.93. The van der Waals surface area contributed by atoms with Gasteiger partial charge in [0, 0.05) is 19.1 Å². The topological polar surface area (TPSA) is 55.6 Å². The second kappa shape index (κ2) is 7.34. The van der Waals surface area contributed by atoms with E-state index in [-0.39, 0.29) is 18.3 Å². The molecule has 1 amide bonds. The third-order valence-electron chi connectivity index (χ3n) is 4.93. The Morgan fingerprint density at radius 2 is 1.91 bits per heavy atom. The summed E-state index contributed by atoms with van der Waals surface area (Å²) in [4.78, 5) is 14.3. The van der Waals surface area contributed by atoms with Gasteiger partial charge in [-0.3, -0.25) is 4.79 Å². The molecule has 1 heterocycles. The van der Waals surface area contributed by atoms with Crippen molar-refractivity contribution in [1.82, 2.24) is 4.90 Å². The molecule has 2 aliphatic rings. The smallest absolute Gasteiger partial charge is 0.226 e. The fourth-order valence-corrected chi connectivity index (χ4v) is 3.59. The lowest BCUT2D eigenvalue weighted by Gasteiger charge is -2.36. The maximum Gasteiger partial charge on any atom is 0.226 e. The Kier molecular flexibility index (Phi) is 5.70. The summed E-state index contributed by atoms with van der Waals surface area (Å²) in [6.45, 7) is 4.13. The van der Waals surface area contributed by atoms with Gasteiger partial charge in [0.05, 0.1) is 13.0 Å². The number of rotatable bonds is 4. The van der Waals surface area contributed by atoms with E-state index in [1.54, 1.807) is 0 Å². The van der Waals surface area contributed by atoms with Gasteiger partial charge in [-0.15, -0.1) is 12.4 Å². The van der Waals surface area contributed by atoms with Crippen LogP contribution in [0, 0.1) is 18.8 Å². The van der Waals surface area contributed by atoms with E-state index in [2.05, 4.69) is 0 Å². The molecule has 4 nitrogen and oxygen atoms in total. The number of benzene rings is 1. The average molecular weight is 325 g/mol. The standard InChI is InChI=1S/C17H24N2O2.ClH/c1-12-4-2-3-5-15(12)21-9-8-16(20)19-10-13-6-7-14(11-19)17(13)18;/h2-5,13-14,17H,6-11,18H2,1H3;1H/t13-,14+,17?;. The normalized spacial score (nSPS) is 26.5. The number of halogens is 1. The highest BCUT2D eigenvalue weighted by molar-refractivity contribution is 5.85. The number of hydrogen-bond donors (Lipinski definition) is 1. The van der Waals surface area contributed by atoms with Crippen LogP contribution in [0.25, 0.3) is 0 Å². The molecule has 2 N–H and O–H groups in total. The van der Waals surface area contributed by atoms with Crippen molar-refractivity contribution in [1.29, 1.82) is 0 Å². The van der Waals surface area contributed by atoms with E-state index in [1.165, 1.54) is 12.8 Å². The molecule has 1 saturated carbocycles. The second-order valence-electron chi connectivity index (χ2n) is 6.34. The first-order chi connectivity index (χ1) is 10.1. The monoisotopic (exact) mass is 324 g/mol. The van der Waals surface area contributed by atoms with Crippen LogP contribution in [0.4, 0.5) is 0 Å². The van der Waals surface area contributed by atoms with Gasteiger partial charge in [-0.2, -0.15) is 0 Å². The minimum Gasteiger partial charge on any atom is -0.493 e. The van der Waals surface area contributed by atoms with Crippen LogP contribution in [0.2, 0.25) is 0 Å². The van der Waals surface area contributed by atoms with Gasteiger partial charge in [0.1, 0.15) is 5.75 Å². The van der Waals surface area contributed by atoms with E-state index in [1.807, 2.05) is 36.1 Å². The number of para-hydroxylation sites is 1. The summed E-state index contributed by atoms with van der Waals surface area (Å²) in [6, 6.07) is 8.20. The highest BCUT2D eigenvalue weighted by atomic mass is 35.5. The zero-order chi connectivity index (χ0) is 14.8. The lowest BCUT2D eigenvalue weighted by Crippen LogP contribution is -2.50. The number of carbonyl (C=O) groups is 1. The van der Waals surface area contributed by atoms with Crippen molar-refractivity contribution in [2.75, 3.05) is 19.7 Å². The molecule has 3 atom stereocenters. The van der Waals surface area contributed by atoms with Gasteiger partial charge in [0.2, 0.25) is 5.91 Å². The zero-order valence-corrected chi connectivity index (χ0v) is 13.8. The van der Waals surface area contributed by atoms with Crippen molar-refractivity contribution < 1.29 is 9.53 Å². The quantitative estimate of drug-likeness (QED) is 0.925. The molecule has 1 saturated heterocycles. The SMILES string of the molecule is Cc1ccccc1OCCC(=O)N1C[C@H]2CC[C@@H](C1)C2N.Cl. The van der Waals surface area contributed by atoms with Gasteiger partial charge in [-0.1, -0.05) is 18.2 Å². The second-order valence-corrected chi connectivity index (χ2v) is 6.34. The van der Waals surface area contributed by atoms with E-state index in [0.717, 1.165) is 24.4 Å². The first-order valence-corrected chi connectivity index (χ1v) is 7.87. The average Bonchev–Trinajstić information content (AvgIpc) is 2.71. The van der Waals surface area contributed by atoms with Gasteiger partial charge in [-0.25, -0.2) is 0 Å². The van der Waals surface area contributed by atoms with Gasteiger partial charge >= 0.3 is 0 Å². The van der Waals surface area contributed by atoms with E-state index in [4.69, 9.17) is 10.5 Å². The summed E-state index contributed by atoms with van der Waals surface area (Å²) < 4.78 is 5.72. The molecule has 1 aliphatic heterocycles. The molecule has 22 heavy (non-hydrogen) atoms. The van der Waals surface area contributed by atoms with Crippen molar-refractivity contribution in [3.05, 3.63) is 29.8 Å². The van der Waals surface area contributed by atoms with Gasteiger partial charge in [0.15, 0.2) is 0 Å². The van der Waals surface area contributed by atoms with Crippen molar-refractivity contribution in [3.63, 3.8) is 0 Å². The predicted octanol–water partition coefficient (Wildman–Crippen LogP) is 2.38. The van der Waals surface area contributed by atoms with Crippen LogP contribution in [0.15, 0.2) is 24.3 Å². The third kappa shape index (κ3) is 3.55. The Hall–Kier alpha value is -1.26. The van der Waals surface area contributed by atoms with E-state index < -0.39 is 0 Å². The minimum atomic E-state index is 0. The van der Waals surface area contributed by atoms with Crippen LogP contribution in [0.3, 0.4) is 0 Å². The summed E-state index contributed by atoms with van der Waals surface area (Å²) in [6.07, 6.45) is 2.80. The number of amides is 1. The number of hydrogen-bond acceptors (Lipinski definition) is 3. The maximum absolute atomic E-state index is 12.3. The molecule has 2 fully saturated rings. The lowest BCUT2D eigenvalue weighted by atomic mass is 9.93. The van der Waals surface area contributed by atoms with E-state index in [9.17, 15) is 4.79 Å². The fraction of sp³-hybridized carbons (Fsp3) is 0.588. The van der Waals surface area contributed by atoms with Crippen LogP contribution >= 0.6 is 12.4 Å². The van der Waals surface area contributed by atoms with E-state index in [0.29, 0.717) is 30.9 Å². The van der Waals surface area contributed by atoms with Crippen LogP contribution in [-0.4, -0.2) is 36.5 Å². The Morgan fingerprint density at radius 3 is 2.55 bits per heavy atom. The molecule has 1 aromatic rings. The van der Waals surface area contributed by atoms with Gasteiger partial charge in [0.25, 0.3) is 0 Å². The summed E-state index contributed by atoms with van der Waals surface area (Å²) in [5, 5.41) is 0. The molecule has 0 radical (unpaired) electrons. The molecule has 0 aromatic heterocycles. The van der Waals surface area contributed by atoms with Gasteiger partial charge in [-0.05, 0) is 43.2 Å².